The van der Waals surface area contributed by atoms with Crippen molar-refractivity contribution in [2.45, 2.75) is 26.2 Å². The first-order chi connectivity index (χ1) is 9.36. The molecule has 0 saturated carbocycles. The Bertz CT molecular complexity index is 635. The second-order valence-electron chi connectivity index (χ2n) is 4.73. The minimum absolute atomic E-state index is 0.739. The normalized spacial score (nSPS) is 11.0. The first-order valence-electron chi connectivity index (χ1n) is 6.77. The first kappa shape index (κ1) is 11.9. The van der Waals surface area contributed by atoms with E-state index in [2.05, 4.69) is 29.0 Å². The molecule has 0 aliphatic carbocycles. The summed E-state index contributed by atoms with van der Waals surface area (Å²) >= 11 is 0. The number of imidazole rings is 1. The van der Waals surface area contributed by atoms with Crippen LogP contribution in [0, 0.1) is 0 Å². The zero-order chi connectivity index (χ0) is 13.1. The average molecular weight is 251 g/mol. The molecule has 0 fully saturated rings. The minimum Gasteiger partial charge on any atom is -0.293 e. The number of hydrogen-bond acceptors (Lipinski definition) is 1. The summed E-state index contributed by atoms with van der Waals surface area (Å²) < 4.78 is 1.97. The van der Waals surface area contributed by atoms with Gasteiger partial charge in [-0.25, -0.2) is 9.97 Å². The molecule has 0 atom stereocenters. The van der Waals surface area contributed by atoms with Gasteiger partial charge in [-0.05, 0) is 42.7 Å². The molecule has 3 rings (SSSR count). The van der Waals surface area contributed by atoms with E-state index in [1.807, 2.05) is 41.2 Å². The van der Waals surface area contributed by atoms with Gasteiger partial charge in [-0.2, -0.15) is 0 Å². The van der Waals surface area contributed by atoms with E-state index < -0.39 is 0 Å². The molecule has 0 radical (unpaired) electrons. The molecule has 96 valence electrons. The molecule has 0 amide bonds. The smallest absolute Gasteiger partial charge is 0.234 e. The second kappa shape index (κ2) is 5.22. The van der Waals surface area contributed by atoms with Gasteiger partial charge in [0.05, 0.1) is 11.0 Å². The molecular formula is C16H17N3. The van der Waals surface area contributed by atoms with Crippen molar-refractivity contribution in [2.75, 3.05) is 0 Å². The van der Waals surface area contributed by atoms with Gasteiger partial charge in [0.15, 0.2) is 0 Å². The van der Waals surface area contributed by atoms with Crippen LogP contribution in [0.25, 0.3) is 17.0 Å². The van der Waals surface area contributed by atoms with Gasteiger partial charge in [0.25, 0.3) is 0 Å². The van der Waals surface area contributed by atoms with Crippen LogP contribution < -0.4 is 9.55 Å². The highest BCUT2D eigenvalue weighted by molar-refractivity contribution is 5.75. The van der Waals surface area contributed by atoms with Gasteiger partial charge in [-0.1, -0.05) is 25.5 Å². The van der Waals surface area contributed by atoms with Gasteiger partial charge >= 0.3 is 0 Å². The molecule has 19 heavy (non-hydrogen) atoms. The molecule has 2 heterocycles. The van der Waals surface area contributed by atoms with E-state index in [0.29, 0.717) is 0 Å². The third-order valence-corrected chi connectivity index (χ3v) is 3.27. The summed E-state index contributed by atoms with van der Waals surface area (Å²) in [7, 11) is 0. The highest BCUT2D eigenvalue weighted by Crippen LogP contribution is 2.09. The van der Waals surface area contributed by atoms with Crippen molar-refractivity contribution in [3.05, 3.63) is 54.4 Å². The number of para-hydroxylation sites is 2. The quantitative estimate of drug-likeness (QED) is 0.668. The van der Waals surface area contributed by atoms with Gasteiger partial charge in [-0.15, -0.1) is 0 Å². The number of nitrogens with zero attached hydrogens (tertiary/aromatic N) is 3. The number of fused-ring (bicyclic) bond motifs is 1. The van der Waals surface area contributed by atoms with Crippen LogP contribution in [-0.4, -0.2) is 4.98 Å². The number of rotatable bonds is 4. The first-order valence-corrected chi connectivity index (χ1v) is 6.77. The zero-order valence-corrected chi connectivity index (χ0v) is 11.1. The largest absolute Gasteiger partial charge is 0.293 e. The van der Waals surface area contributed by atoms with E-state index in [9.17, 15) is 0 Å². The minimum atomic E-state index is 0.739. The van der Waals surface area contributed by atoms with Crippen molar-refractivity contribution < 1.29 is 4.57 Å². The molecule has 0 unspecified atom stereocenters. The van der Waals surface area contributed by atoms with Crippen molar-refractivity contribution in [1.82, 2.24) is 9.97 Å². The maximum Gasteiger partial charge on any atom is 0.234 e. The molecule has 0 aliphatic heterocycles. The van der Waals surface area contributed by atoms with E-state index in [4.69, 9.17) is 0 Å². The average Bonchev–Trinajstić information content (AvgIpc) is 2.89. The van der Waals surface area contributed by atoms with Crippen LogP contribution in [0.3, 0.4) is 0 Å². The van der Waals surface area contributed by atoms with Crippen molar-refractivity contribution in [2.24, 2.45) is 0 Å². The van der Waals surface area contributed by atoms with E-state index in [0.717, 1.165) is 23.4 Å². The molecule has 3 nitrogen and oxygen atoms in total. The predicted octanol–water partition coefficient (Wildman–Crippen LogP) is 2.81. The Morgan fingerprint density at radius 3 is 2.63 bits per heavy atom. The summed E-state index contributed by atoms with van der Waals surface area (Å²) in [5.74, 6) is 0.739. The lowest BCUT2D eigenvalue weighted by atomic mass is 10.1. The van der Waals surface area contributed by atoms with E-state index in [1.54, 1.807) is 0 Å². The fourth-order valence-corrected chi connectivity index (χ4v) is 2.15. The topological polar surface area (TPSA) is 30.9 Å². The van der Waals surface area contributed by atoms with Gasteiger partial charge in [0, 0.05) is 12.4 Å². The fourth-order valence-electron chi connectivity index (χ4n) is 2.15. The molecule has 0 aliphatic rings. The maximum atomic E-state index is 4.53. The third-order valence-electron chi connectivity index (χ3n) is 3.27. The Morgan fingerprint density at radius 1 is 1.11 bits per heavy atom. The van der Waals surface area contributed by atoms with Crippen molar-refractivity contribution >= 4 is 11.0 Å². The molecule has 2 aromatic heterocycles. The second-order valence-corrected chi connectivity index (χ2v) is 4.73. The van der Waals surface area contributed by atoms with Gasteiger partial charge in [-0.3, -0.25) is 4.57 Å². The maximum absolute atomic E-state index is 4.53. The van der Waals surface area contributed by atoms with Crippen molar-refractivity contribution in [1.29, 1.82) is 0 Å². The molecule has 3 heteroatoms. The number of aryl methyl sites for hydroxylation is 1. The summed E-state index contributed by atoms with van der Waals surface area (Å²) in [6, 6.07) is 12.2. The summed E-state index contributed by atoms with van der Waals surface area (Å²) in [5.41, 5.74) is 3.26. The lowest BCUT2D eigenvalue weighted by Crippen LogP contribution is -2.31. The Balaban J connectivity index is 1.88. The Morgan fingerprint density at radius 2 is 1.89 bits per heavy atom. The SMILES string of the molecule is CCCCc1cc[n+](-c2nc3ccccc3[n-]2)cc1. The summed E-state index contributed by atoms with van der Waals surface area (Å²) in [4.78, 5) is 9.05. The summed E-state index contributed by atoms with van der Waals surface area (Å²) in [6.07, 6.45) is 7.69. The van der Waals surface area contributed by atoms with Crippen molar-refractivity contribution in [3.8, 4) is 5.95 Å². The Hall–Kier alpha value is -2.16. The van der Waals surface area contributed by atoms with Crippen LogP contribution in [0.2, 0.25) is 0 Å². The highest BCUT2D eigenvalue weighted by atomic mass is 15.1. The fraction of sp³-hybridized carbons (Fsp3) is 0.250. The number of aromatic nitrogens is 3. The van der Waals surface area contributed by atoms with E-state index in [1.165, 1.54) is 18.4 Å². The summed E-state index contributed by atoms with van der Waals surface area (Å²) in [6.45, 7) is 2.21. The molecule has 3 aromatic rings. The zero-order valence-electron chi connectivity index (χ0n) is 11.1. The molecular weight excluding hydrogens is 234 g/mol. The van der Waals surface area contributed by atoms with Crippen LogP contribution in [0.1, 0.15) is 25.3 Å². The van der Waals surface area contributed by atoms with Crippen LogP contribution in [0.15, 0.2) is 48.8 Å². The van der Waals surface area contributed by atoms with E-state index in [-0.39, 0.29) is 0 Å². The van der Waals surface area contributed by atoms with Gasteiger partial charge < -0.3 is 0 Å². The monoisotopic (exact) mass is 251 g/mol. The van der Waals surface area contributed by atoms with Gasteiger partial charge in [0.2, 0.25) is 5.95 Å². The Labute approximate surface area is 112 Å². The molecule has 0 spiro atoms. The number of benzene rings is 1. The molecule has 0 N–H and O–H groups in total. The molecule has 0 bridgehead atoms. The van der Waals surface area contributed by atoms with Crippen LogP contribution >= 0.6 is 0 Å². The van der Waals surface area contributed by atoms with E-state index >= 15 is 0 Å². The number of pyridine rings is 1. The standard InChI is InChI=1S/C16H17N3/c1-2-3-6-13-9-11-19(12-10-13)16-17-14-7-4-5-8-15(14)18-16/h4-5,7-12H,2-3,6H2,1H3. The van der Waals surface area contributed by atoms with Crippen molar-refractivity contribution in [3.63, 3.8) is 0 Å². The predicted molar refractivity (Wildman–Crippen MR) is 75.2 cm³/mol. The third kappa shape index (κ3) is 2.50. The van der Waals surface area contributed by atoms with Gasteiger partial charge in [0.1, 0.15) is 0 Å². The Kier molecular flexibility index (Phi) is 3.27. The van der Waals surface area contributed by atoms with Crippen LogP contribution in [-0.2, 0) is 6.42 Å². The number of hydrogen-bond donors (Lipinski definition) is 0. The molecule has 1 aromatic carbocycles. The number of unbranched alkanes of at least 4 members (excludes halogenated alkanes) is 1. The lowest BCUT2D eigenvalue weighted by Gasteiger charge is -2.04. The van der Waals surface area contributed by atoms with Crippen LogP contribution in [0.5, 0.6) is 0 Å². The van der Waals surface area contributed by atoms with Crippen LogP contribution in [0.4, 0.5) is 0 Å². The lowest BCUT2D eigenvalue weighted by molar-refractivity contribution is -0.603. The molecule has 0 saturated heterocycles. The summed E-state index contributed by atoms with van der Waals surface area (Å²) in [5, 5.41) is 0. The highest BCUT2D eigenvalue weighted by Gasteiger charge is 2.04.